The van der Waals surface area contributed by atoms with Crippen LogP contribution in [0.2, 0.25) is 0 Å². The number of pyridine rings is 1. The Bertz CT molecular complexity index is 1720. The third-order valence-corrected chi connectivity index (χ3v) is 7.67. The van der Waals surface area contributed by atoms with Crippen LogP contribution in [0.4, 0.5) is 20.6 Å². The third-order valence-electron chi connectivity index (χ3n) is 7.67. The molecule has 0 saturated heterocycles. The molecule has 0 aliphatic heterocycles. The van der Waals surface area contributed by atoms with Gasteiger partial charge in [0, 0.05) is 43.5 Å². The SMILES string of the molecule is COC(=O)CC(CC(=O)OC)C(C)CCNC(=O)c1c[nH]c(-c2cc(Oc3ccc(NC(=O)Nc4cc(C)ccc4F)cc3)ccn2)c1. The van der Waals surface area contributed by atoms with E-state index in [4.69, 9.17) is 14.2 Å². The molecule has 1 atom stereocenters. The Labute approximate surface area is 277 Å². The first-order valence-corrected chi connectivity index (χ1v) is 15.2. The number of amides is 3. The van der Waals surface area contributed by atoms with Crippen LogP contribution in [0.3, 0.4) is 0 Å². The number of aromatic amines is 1. The first kappa shape index (κ1) is 35.1. The van der Waals surface area contributed by atoms with Gasteiger partial charge in [-0.15, -0.1) is 0 Å². The number of hydrogen-bond acceptors (Lipinski definition) is 8. The van der Waals surface area contributed by atoms with E-state index in [9.17, 15) is 23.6 Å². The average molecular weight is 660 g/mol. The molecule has 4 N–H and O–H groups in total. The highest BCUT2D eigenvalue weighted by atomic mass is 19.1. The van der Waals surface area contributed by atoms with Crippen LogP contribution >= 0.6 is 0 Å². The maximum atomic E-state index is 14.0. The highest BCUT2D eigenvalue weighted by molar-refractivity contribution is 6.00. The number of nitrogens with one attached hydrogen (secondary N) is 4. The first-order valence-electron chi connectivity index (χ1n) is 15.2. The van der Waals surface area contributed by atoms with E-state index in [0.29, 0.717) is 47.1 Å². The van der Waals surface area contributed by atoms with Gasteiger partial charge in [0.15, 0.2) is 0 Å². The molecule has 3 amide bonds. The molecule has 0 bridgehead atoms. The second kappa shape index (κ2) is 16.7. The van der Waals surface area contributed by atoms with Gasteiger partial charge in [0.25, 0.3) is 5.91 Å². The summed E-state index contributed by atoms with van der Waals surface area (Å²) in [5, 5.41) is 8.03. The topological polar surface area (TPSA) is 161 Å². The normalized spacial score (nSPS) is 11.4. The lowest BCUT2D eigenvalue weighted by Crippen LogP contribution is -2.28. The molecular weight excluding hydrogens is 621 g/mol. The second-order valence-corrected chi connectivity index (χ2v) is 11.2. The molecule has 2 aromatic heterocycles. The lowest BCUT2D eigenvalue weighted by atomic mass is 9.86. The molecule has 0 saturated carbocycles. The summed E-state index contributed by atoms with van der Waals surface area (Å²) in [6.45, 7) is 4.06. The number of ether oxygens (including phenoxy) is 3. The van der Waals surface area contributed by atoms with E-state index in [1.165, 1.54) is 20.3 Å². The number of benzene rings is 2. The number of urea groups is 1. The van der Waals surface area contributed by atoms with Crippen molar-refractivity contribution >= 4 is 35.3 Å². The summed E-state index contributed by atoms with van der Waals surface area (Å²) in [7, 11) is 2.60. The molecule has 48 heavy (non-hydrogen) atoms. The van der Waals surface area contributed by atoms with Crippen molar-refractivity contribution in [3.8, 4) is 22.9 Å². The fraction of sp³-hybridized carbons (Fsp3) is 0.286. The Balaban J connectivity index is 1.29. The van der Waals surface area contributed by atoms with Gasteiger partial charge in [-0.3, -0.25) is 19.4 Å². The summed E-state index contributed by atoms with van der Waals surface area (Å²) in [5.74, 6) is -0.973. The molecule has 0 fully saturated rings. The van der Waals surface area contributed by atoms with E-state index in [0.717, 1.165) is 5.56 Å². The van der Waals surface area contributed by atoms with Crippen LogP contribution in [-0.2, 0) is 19.1 Å². The molecule has 0 aliphatic rings. The van der Waals surface area contributed by atoms with E-state index in [1.807, 2.05) is 6.92 Å². The summed E-state index contributed by atoms with van der Waals surface area (Å²) in [6.07, 6.45) is 3.86. The zero-order valence-electron chi connectivity index (χ0n) is 27.1. The van der Waals surface area contributed by atoms with Crippen molar-refractivity contribution in [2.24, 2.45) is 11.8 Å². The van der Waals surface area contributed by atoms with Gasteiger partial charge in [-0.25, -0.2) is 9.18 Å². The summed E-state index contributed by atoms with van der Waals surface area (Å²) in [4.78, 5) is 56.3. The fourth-order valence-electron chi connectivity index (χ4n) is 4.88. The highest BCUT2D eigenvalue weighted by Gasteiger charge is 2.24. The third kappa shape index (κ3) is 10.1. The predicted molar refractivity (Wildman–Crippen MR) is 177 cm³/mol. The molecule has 12 nitrogen and oxygen atoms in total. The summed E-state index contributed by atoms with van der Waals surface area (Å²) in [6, 6.07) is 15.6. The minimum absolute atomic E-state index is 0.0563. The van der Waals surface area contributed by atoms with Gasteiger partial charge in [-0.1, -0.05) is 13.0 Å². The van der Waals surface area contributed by atoms with Gasteiger partial charge < -0.3 is 35.1 Å². The molecule has 2 heterocycles. The number of H-pyrrole nitrogens is 1. The molecule has 0 spiro atoms. The maximum Gasteiger partial charge on any atom is 0.323 e. The van der Waals surface area contributed by atoms with Gasteiger partial charge in [-0.05, 0) is 79.3 Å². The Morgan fingerprint density at radius 1 is 0.896 bits per heavy atom. The van der Waals surface area contributed by atoms with Crippen molar-refractivity contribution in [1.29, 1.82) is 0 Å². The quantitative estimate of drug-likeness (QED) is 0.112. The number of esters is 2. The van der Waals surface area contributed by atoms with Crippen molar-refractivity contribution in [2.75, 3.05) is 31.4 Å². The monoisotopic (exact) mass is 659 g/mol. The van der Waals surface area contributed by atoms with Gasteiger partial charge in [0.1, 0.15) is 17.3 Å². The Morgan fingerprint density at radius 2 is 1.60 bits per heavy atom. The largest absolute Gasteiger partial charge is 0.469 e. The van der Waals surface area contributed by atoms with Crippen LogP contribution in [0, 0.1) is 24.6 Å². The van der Waals surface area contributed by atoms with Crippen LogP contribution in [0.5, 0.6) is 11.5 Å². The van der Waals surface area contributed by atoms with Gasteiger partial charge >= 0.3 is 18.0 Å². The summed E-state index contributed by atoms with van der Waals surface area (Å²) in [5.41, 5.74) is 2.94. The molecule has 4 rings (SSSR count). The molecule has 1 unspecified atom stereocenters. The molecular formula is C35H38FN5O7. The lowest BCUT2D eigenvalue weighted by Gasteiger charge is -2.22. The number of halogens is 1. The van der Waals surface area contributed by atoms with Crippen LogP contribution < -0.4 is 20.7 Å². The van der Waals surface area contributed by atoms with E-state index < -0.39 is 23.8 Å². The molecule has 0 radical (unpaired) electrons. The van der Waals surface area contributed by atoms with Crippen molar-refractivity contribution in [2.45, 2.75) is 33.1 Å². The number of nitrogens with zero attached hydrogens (tertiary/aromatic N) is 1. The number of hydrogen-bond donors (Lipinski definition) is 4. The number of carbonyl (C=O) groups is 4. The lowest BCUT2D eigenvalue weighted by molar-refractivity contribution is -0.145. The Kier molecular flexibility index (Phi) is 12.2. The van der Waals surface area contributed by atoms with Crippen LogP contribution in [0.25, 0.3) is 11.4 Å². The van der Waals surface area contributed by atoms with Crippen molar-refractivity contribution in [3.63, 3.8) is 0 Å². The number of carbonyl (C=O) groups excluding carboxylic acids is 4. The fourth-order valence-corrected chi connectivity index (χ4v) is 4.88. The van der Waals surface area contributed by atoms with E-state index >= 15 is 0 Å². The summed E-state index contributed by atoms with van der Waals surface area (Å²) < 4.78 is 29.4. The van der Waals surface area contributed by atoms with Gasteiger partial charge in [0.2, 0.25) is 0 Å². The average Bonchev–Trinajstić information content (AvgIpc) is 3.58. The smallest absolute Gasteiger partial charge is 0.323 e. The van der Waals surface area contributed by atoms with E-state index in [-0.39, 0.29) is 36.3 Å². The van der Waals surface area contributed by atoms with E-state index in [2.05, 4.69) is 25.9 Å². The van der Waals surface area contributed by atoms with E-state index in [1.54, 1.807) is 73.9 Å². The molecule has 4 aromatic rings. The number of methoxy groups -OCH3 is 2. The van der Waals surface area contributed by atoms with Crippen molar-refractivity contribution in [3.05, 3.63) is 90.0 Å². The predicted octanol–water partition coefficient (Wildman–Crippen LogP) is 6.46. The van der Waals surface area contributed by atoms with Gasteiger partial charge in [0.05, 0.1) is 36.9 Å². The maximum absolute atomic E-state index is 14.0. The zero-order valence-corrected chi connectivity index (χ0v) is 27.1. The summed E-state index contributed by atoms with van der Waals surface area (Å²) >= 11 is 0. The standard InChI is InChI=1S/C35H38FN5O7/c1-21-5-10-28(36)29(15-21)41-35(45)40-25-6-8-26(9-7-25)48-27-12-14-37-31(19-27)30-16-24(20-39-30)34(44)38-13-11-22(2)23(17-32(42)46-3)18-33(43)47-4/h5-10,12,14-16,19-20,22-23,39H,11,13,17-18H2,1-4H3,(H,38,44)(H2,40,41,45). The molecule has 252 valence electrons. The van der Waals surface area contributed by atoms with Crippen LogP contribution in [0.15, 0.2) is 73.1 Å². The zero-order chi connectivity index (χ0) is 34.6. The molecule has 0 aliphatic carbocycles. The van der Waals surface area contributed by atoms with Crippen molar-refractivity contribution < 1.29 is 37.8 Å². The minimum Gasteiger partial charge on any atom is -0.469 e. The molecule has 2 aromatic carbocycles. The number of rotatable bonds is 14. The molecule has 13 heteroatoms. The number of aromatic nitrogens is 2. The number of anilines is 2. The van der Waals surface area contributed by atoms with Gasteiger partial charge in [-0.2, -0.15) is 0 Å². The number of aryl methyl sites for hydroxylation is 1. The van der Waals surface area contributed by atoms with Crippen LogP contribution in [0.1, 0.15) is 42.1 Å². The Hall–Kier alpha value is -5.72. The highest BCUT2D eigenvalue weighted by Crippen LogP contribution is 2.27. The minimum atomic E-state index is -0.583. The van der Waals surface area contributed by atoms with Crippen molar-refractivity contribution in [1.82, 2.24) is 15.3 Å². The second-order valence-electron chi connectivity index (χ2n) is 11.2. The van der Waals surface area contributed by atoms with Crippen LogP contribution in [-0.4, -0.2) is 54.6 Å². The first-order chi connectivity index (χ1) is 23.0. The Morgan fingerprint density at radius 3 is 2.29 bits per heavy atom.